The Balaban J connectivity index is 0.000000165. The third-order valence-corrected chi connectivity index (χ3v) is 27.5. The lowest BCUT2D eigenvalue weighted by atomic mass is 9.84. The van der Waals surface area contributed by atoms with Crippen molar-refractivity contribution in [3.63, 3.8) is 0 Å². The quantitative estimate of drug-likeness (QED) is 0.00399. The lowest BCUT2D eigenvalue weighted by Crippen LogP contribution is -2.52. The maximum Gasteiger partial charge on any atom is 0.407 e. The molecule has 0 saturated carbocycles. The number of nitrogens with one attached hydrogen (secondary N) is 4. The molecule has 17 rings (SSSR count). The predicted molar refractivity (Wildman–Crippen MR) is 594 cm³/mol. The number of alkyl carbamates (subject to hydrolysis) is 2. The number of nitrogens with two attached hydrogens (primary N) is 2. The van der Waals surface area contributed by atoms with Gasteiger partial charge in [0.05, 0.1) is 7.11 Å². The summed E-state index contributed by atoms with van der Waals surface area (Å²) in [6, 6.07) is 116. The number of carbonyl (C=O) groups excluding carboxylic acids is 6. The van der Waals surface area contributed by atoms with Gasteiger partial charge in [0.15, 0.2) is 0 Å². The summed E-state index contributed by atoms with van der Waals surface area (Å²) in [7, 11) is 1.50. The van der Waals surface area contributed by atoms with Crippen molar-refractivity contribution < 1.29 is 56.9 Å². The number of fused-ring (bicyclic) bond motifs is 7. The summed E-state index contributed by atoms with van der Waals surface area (Å²) in [4.78, 5) is 89.1. The highest BCUT2D eigenvalue weighted by atomic mass is 35.5. The number of methoxy groups -OCH3 is 1. The Bertz CT molecular complexity index is 6780. The van der Waals surface area contributed by atoms with Gasteiger partial charge in [-0.2, -0.15) is 0 Å². The summed E-state index contributed by atoms with van der Waals surface area (Å²) in [5.74, 6) is -1.69. The number of halogens is 4. The van der Waals surface area contributed by atoms with E-state index in [9.17, 15) is 33.6 Å². The van der Waals surface area contributed by atoms with Crippen LogP contribution in [0, 0.1) is 20.8 Å². The maximum atomic E-state index is 13.7. The highest BCUT2D eigenvalue weighted by Crippen LogP contribution is 2.49. The molecule has 1 heterocycles. The van der Waals surface area contributed by atoms with Gasteiger partial charge in [0.2, 0.25) is 5.91 Å². The topological polar surface area (TPSA) is 279 Å². The first-order valence-corrected chi connectivity index (χ1v) is 51.2. The Kier molecular flexibility index (Phi) is 41.8. The first-order valence-electron chi connectivity index (χ1n) is 49.7. The summed E-state index contributed by atoms with van der Waals surface area (Å²) in [5, 5.41) is 13.6. The molecule has 1 aromatic heterocycles. The first-order chi connectivity index (χ1) is 72.0. The van der Waals surface area contributed by atoms with Crippen molar-refractivity contribution >= 4 is 93.3 Å². The number of unbranched alkanes of at least 4 members (excludes halogenated alkanes) is 3. The summed E-state index contributed by atoms with van der Waals surface area (Å²) in [6.07, 6.45) is 5.84. The number of ether oxygens (including phenoxy) is 5. The molecule has 19 nitrogen and oxygen atoms in total. The van der Waals surface area contributed by atoms with E-state index in [1.807, 2.05) is 176 Å². The highest BCUT2D eigenvalue weighted by molar-refractivity contribution is 6.35. The summed E-state index contributed by atoms with van der Waals surface area (Å²) in [6.45, 7) is 14.8. The molecule has 2 aliphatic carbocycles. The highest BCUT2D eigenvalue weighted by Gasteiger charge is 2.38. The van der Waals surface area contributed by atoms with Crippen LogP contribution in [0.4, 0.5) is 9.59 Å². The number of alkyl halides is 1. The molecule has 6 atom stereocenters. The van der Waals surface area contributed by atoms with Gasteiger partial charge in [-0.3, -0.25) is 9.59 Å². The fourth-order valence-corrected chi connectivity index (χ4v) is 19.5. The second kappa shape index (κ2) is 56.1. The zero-order valence-electron chi connectivity index (χ0n) is 83.5. The van der Waals surface area contributed by atoms with E-state index < -0.39 is 64.6 Å². The van der Waals surface area contributed by atoms with Crippen molar-refractivity contribution in [3.05, 3.63) is 503 Å². The van der Waals surface area contributed by atoms with E-state index in [4.69, 9.17) is 86.0 Å². The molecule has 0 fully saturated rings. The van der Waals surface area contributed by atoms with Gasteiger partial charge in [0, 0.05) is 62.3 Å². The fraction of sp³-hybridized carbons (Fsp3) is 0.224. The van der Waals surface area contributed by atoms with Crippen LogP contribution in [-0.2, 0) is 38.2 Å². The molecule has 0 saturated heterocycles. The van der Waals surface area contributed by atoms with Crippen molar-refractivity contribution in [3.8, 4) is 28.0 Å². The molecule has 6 unspecified atom stereocenters. The largest absolute Gasteiger partial charge is 0.497 e. The molecular weight excluding hydrogens is 1940 g/mol. The zero-order valence-corrected chi connectivity index (χ0v) is 86.5. The summed E-state index contributed by atoms with van der Waals surface area (Å²) >= 11 is 26.5. The van der Waals surface area contributed by atoms with Crippen LogP contribution in [0.5, 0.6) is 5.75 Å². The van der Waals surface area contributed by atoms with Crippen LogP contribution in [0.25, 0.3) is 33.2 Å². The monoisotopic (exact) mass is 2060 g/mol. The standard InChI is InChI=1S/C41H46N4O9.C24H28N2O4.C20H16Cl2.2C20H17Cl/c1-3-22-52-40(49)35(17-8-10-20-42)44-38(47)34(45-41(50)53-25-33-30-14-6-4-12-28(30)29-13-5-7-15-31(29)33)16-9-11-21-43-37(46)32-23-26-18-19-27(51-2)24-36(26)54-39(32)48;1-2-15-29-23(27)22(13-7-8-14-25)26-24(28)30-16-21-19-11-5-3-9-17(19)18-10-4-6-12-20(18)21;1-15-11-13-17(14-12-15)20(22,16-7-3-2-4-8-16)18-9-5-6-10-19(18)21;2*1-15-11-13-17(14-12-15)20(16-7-3-2-4-8-16)18-9-5-6-10-19(18)21/h3-7,12-15,18-19,23-24,33-35H,1,8-11,16-17,20-22,25,42H2,2H3,(H,43,46)(H,44,47)(H,45,50);2-6,9-12,21-22H,1,7-8,13-16,25H2,(H,26,28);2-14H,1H3;2*2-14,20H,1H3. The minimum atomic E-state index is -1.08. The van der Waals surface area contributed by atoms with Gasteiger partial charge in [0.25, 0.3) is 5.91 Å². The van der Waals surface area contributed by atoms with E-state index in [1.54, 1.807) is 18.2 Å². The number of hydrogen-bond acceptors (Lipinski definition) is 15. The molecule has 0 radical (unpaired) electrons. The minimum absolute atomic E-state index is 0.0227. The van der Waals surface area contributed by atoms with Crippen molar-refractivity contribution in [2.24, 2.45) is 11.5 Å². The van der Waals surface area contributed by atoms with E-state index in [0.717, 1.165) is 88.8 Å². The molecule has 0 bridgehead atoms. The average Bonchev–Trinajstić information content (AvgIpc) is 1.59. The molecule has 15 aromatic rings. The van der Waals surface area contributed by atoms with Gasteiger partial charge in [0.1, 0.15) is 66.3 Å². The molecule has 760 valence electrons. The van der Waals surface area contributed by atoms with Gasteiger partial charge < -0.3 is 60.8 Å². The predicted octanol–water partition coefficient (Wildman–Crippen LogP) is 26.5. The number of esters is 2. The van der Waals surface area contributed by atoms with E-state index in [0.29, 0.717) is 79.8 Å². The lowest BCUT2D eigenvalue weighted by Gasteiger charge is -2.30. The normalized spacial score (nSPS) is 12.8. The van der Waals surface area contributed by atoms with E-state index in [1.165, 1.54) is 64.3 Å². The van der Waals surface area contributed by atoms with Crippen LogP contribution in [0.3, 0.4) is 0 Å². The second-order valence-corrected chi connectivity index (χ2v) is 37.8. The van der Waals surface area contributed by atoms with Crippen LogP contribution < -0.4 is 43.1 Å². The van der Waals surface area contributed by atoms with E-state index in [2.05, 4.69) is 213 Å². The number of benzene rings is 14. The zero-order chi connectivity index (χ0) is 105. The van der Waals surface area contributed by atoms with Crippen molar-refractivity contribution in [2.75, 3.05) is 53.2 Å². The van der Waals surface area contributed by atoms with Gasteiger partial charge in [-0.1, -0.05) is 392 Å². The lowest BCUT2D eigenvalue weighted by molar-refractivity contribution is -0.147. The van der Waals surface area contributed by atoms with Gasteiger partial charge in [-0.15, -0.1) is 11.6 Å². The third kappa shape index (κ3) is 29.7. The van der Waals surface area contributed by atoms with Crippen LogP contribution in [-0.4, -0.2) is 107 Å². The molecular formula is C125H124Cl4N6O13. The minimum Gasteiger partial charge on any atom is -0.497 e. The average molecular weight is 2060 g/mol. The Morgan fingerprint density at radius 3 is 1.21 bits per heavy atom. The molecule has 14 aromatic carbocycles. The molecule has 148 heavy (non-hydrogen) atoms. The number of carbonyl (C=O) groups is 6. The summed E-state index contributed by atoms with van der Waals surface area (Å²) < 4.78 is 32.1. The SMILES string of the molecule is C=CCOC(=O)C(CCCCN)NC(=O)C(CCCCNC(=O)c1cc2ccc(OC)cc2oc1=O)NC(=O)OCC1c2ccccc2-c2ccccc21.C=CCOC(=O)C(CCCCN)NC(=O)OCC1c2ccccc2-c2ccccc21.Cc1ccc(C(Cl)(c2ccccc2)c2ccccc2Cl)cc1.Cc1ccc(C(c2ccccc2)c2ccccc2Cl)cc1.Cc1ccc(C(c2ccccc2)c2ccccc2Cl)cc1. The Labute approximate surface area is 886 Å². The third-order valence-electron chi connectivity index (χ3n) is 25.8. The number of aryl methyl sites for hydroxylation is 3. The van der Waals surface area contributed by atoms with Gasteiger partial charge in [-0.25, -0.2) is 24.0 Å². The molecule has 0 spiro atoms. The smallest absolute Gasteiger partial charge is 0.407 e. The summed E-state index contributed by atoms with van der Waals surface area (Å²) in [5.41, 5.74) is 33.4. The van der Waals surface area contributed by atoms with E-state index in [-0.39, 0.29) is 68.6 Å². The molecule has 0 aliphatic heterocycles. The molecule has 23 heteroatoms. The number of amides is 4. The number of rotatable bonds is 38. The van der Waals surface area contributed by atoms with Crippen molar-refractivity contribution in [1.82, 2.24) is 21.3 Å². The molecule has 2 aliphatic rings. The molecule has 8 N–H and O–H groups in total. The Morgan fingerprint density at radius 1 is 0.405 bits per heavy atom. The fourth-order valence-electron chi connectivity index (χ4n) is 18.2. The first kappa shape index (κ1) is 110. The van der Waals surface area contributed by atoms with Crippen LogP contribution >= 0.6 is 46.4 Å². The maximum absolute atomic E-state index is 13.7. The van der Waals surface area contributed by atoms with Crippen molar-refractivity contribution in [2.45, 2.75) is 125 Å². The van der Waals surface area contributed by atoms with Crippen LogP contribution in [0.1, 0.15) is 181 Å². The van der Waals surface area contributed by atoms with Crippen molar-refractivity contribution in [1.29, 1.82) is 0 Å². The van der Waals surface area contributed by atoms with Gasteiger partial charge >= 0.3 is 29.8 Å². The van der Waals surface area contributed by atoms with Gasteiger partial charge in [-0.05, 0) is 217 Å². The number of hydrogen-bond donors (Lipinski definition) is 6. The Morgan fingerprint density at radius 2 is 0.777 bits per heavy atom. The Hall–Kier alpha value is -14.9. The van der Waals surface area contributed by atoms with Crippen LogP contribution in [0.15, 0.2) is 392 Å². The molecule has 4 amide bonds. The van der Waals surface area contributed by atoms with Crippen LogP contribution in [0.2, 0.25) is 15.1 Å². The second-order valence-electron chi connectivity index (χ2n) is 36.0. The van der Waals surface area contributed by atoms with E-state index >= 15 is 0 Å².